The molecule has 2 rings (SSSR count). The van der Waals surface area contributed by atoms with Crippen LogP contribution in [-0.4, -0.2) is 27.2 Å². The molecule has 0 aliphatic rings. The molecule has 0 aliphatic heterocycles. The smallest absolute Gasteiger partial charge is 0.252 e. The van der Waals surface area contributed by atoms with Crippen LogP contribution in [0.3, 0.4) is 0 Å². The number of anilines is 1. The Kier molecular flexibility index (Phi) is 4.09. The number of nitrogen functional groups attached to an aromatic ring is 1. The standard InChI is InChI=1S/C12H16N6O/c1-18-7-5-10(17-18)4-6-14-12(19)9-2-3-11(16-13)15-8-9/h2-3,5,7-8H,4,6,13H2,1H3,(H,14,19)(H,15,16). The van der Waals surface area contributed by atoms with E-state index in [4.69, 9.17) is 5.84 Å². The number of aromatic nitrogens is 3. The van der Waals surface area contributed by atoms with Gasteiger partial charge in [-0.05, 0) is 18.2 Å². The molecule has 0 saturated carbocycles. The molecule has 19 heavy (non-hydrogen) atoms. The van der Waals surface area contributed by atoms with E-state index in [1.807, 2.05) is 19.3 Å². The van der Waals surface area contributed by atoms with E-state index in [2.05, 4.69) is 20.8 Å². The summed E-state index contributed by atoms with van der Waals surface area (Å²) in [4.78, 5) is 15.8. The minimum absolute atomic E-state index is 0.160. The lowest BCUT2D eigenvalue weighted by Gasteiger charge is -2.04. The summed E-state index contributed by atoms with van der Waals surface area (Å²) in [5.41, 5.74) is 3.85. The minimum atomic E-state index is -0.160. The number of hydrogen-bond donors (Lipinski definition) is 3. The van der Waals surface area contributed by atoms with Crippen molar-refractivity contribution in [2.75, 3.05) is 12.0 Å². The number of nitrogens with two attached hydrogens (primary N) is 1. The van der Waals surface area contributed by atoms with Gasteiger partial charge in [0.1, 0.15) is 5.82 Å². The number of pyridine rings is 1. The highest BCUT2D eigenvalue weighted by atomic mass is 16.1. The first-order chi connectivity index (χ1) is 9.19. The summed E-state index contributed by atoms with van der Waals surface area (Å²) in [5, 5.41) is 7.05. The van der Waals surface area contributed by atoms with Gasteiger partial charge in [-0.1, -0.05) is 0 Å². The van der Waals surface area contributed by atoms with Gasteiger partial charge < -0.3 is 10.7 Å². The molecule has 100 valence electrons. The Hall–Kier alpha value is -2.41. The molecule has 0 unspecified atom stereocenters. The highest BCUT2D eigenvalue weighted by Crippen LogP contribution is 2.03. The van der Waals surface area contributed by atoms with Gasteiger partial charge in [-0.2, -0.15) is 5.10 Å². The number of carbonyl (C=O) groups excluding carboxylic acids is 1. The van der Waals surface area contributed by atoms with Crippen LogP contribution in [0.25, 0.3) is 0 Å². The number of amides is 1. The molecule has 7 heteroatoms. The number of carbonyl (C=O) groups is 1. The first-order valence-electron chi connectivity index (χ1n) is 5.88. The van der Waals surface area contributed by atoms with Gasteiger partial charge in [0, 0.05) is 32.4 Å². The van der Waals surface area contributed by atoms with Crippen LogP contribution in [0.2, 0.25) is 0 Å². The zero-order valence-corrected chi connectivity index (χ0v) is 10.6. The Morgan fingerprint density at radius 2 is 2.26 bits per heavy atom. The van der Waals surface area contributed by atoms with E-state index in [0.29, 0.717) is 24.3 Å². The molecule has 0 radical (unpaired) electrons. The molecule has 0 saturated heterocycles. The lowest BCUT2D eigenvalue weighted by molar-refractivity contribution is 0.0953. The largest absolute Gasteiger partial charge is 0.352 e. The molecule has 2 aromatic heterocycles. The zero-order chi connectivity index (χ0) is 13.7. The van der Waals surface area contributed by atoms with Crippen LogP contribution in [0.15, 0.2) is 30.6 Å². The Morgan fingerprint density at radius 3 is 2.84 bits per heavy atom. The van der Waals surface area contributed by atoms with Gasteiger partial charge in [0.25, 0.3) is 5.91 Å². The van der Waals surface area contributed by atoms with Crippen molar-refractivity contribution in [1.29, 1.82) is 0 Å². The zero-order valence-electron chi connectivity index (χ0n) is 10.6. The van der Waals surface area contributed by atoms with Crippen molar-refractivity contribution in [2.24, 2.45) is 12.9 Å². The summed E-state index contributed by atoms with van der Waals surface area (Å²) in [5.74, 6) is 5.56. The fourth-order valence-corrected chi connectivity index (χ4v) is 1.62. The third-order valence-corrected chi connectivity index (χ3v) is 2.61. The van der Waals surface area contributed by atoms with Crippen LogP contribution in [0, 0.1) is 0 Å². The molecule has 2 aromatic rings. The van der Waals surface area contributed by atoms with Crippen molar-refractivity contribution < 1.29 is 4.79 Å². The highest BCUT2D eigenvalue weighted by Gasteiger charge is 2.05. The van der Waals surface area contributed by atoms with Gasteiger partial charge in [-0.3, -0.25) is 9.48 Å². The normalized spacial score (nSPS) is 10.2. The SMILES string of the molecule is Cn1ccc(CCNC(=O)c2ccc(NN)nc2)n1. The lowest BCUT2D eigenvalue weighted by atomic mass is 10.2. The average molecular weight is 260 g/mol. The summed E-state index contributed by atoms with van der Waals surface area (Å²) in [6, 6.07) is 5.24. The minimum Gasteiger partial charge on any atom is -0.352 e. The monoisotopic (exact) mass is 260 g/mol. The second kappa shape index (κ2) is 5.96. The lowest BCUT2D eigenvalue weighted by Crippen LogP contribution is -2.26. The van der Waals surface area contributed by atoms with Crippen LogP contribution >= 0.6 is 0 Å². The fourth-order valence-electron chi connectivity index (χ4n) is 1.62. The highest BCUT2D eigenvalue weighted by molar-refractivity contribution is 5.94. The second-order valence-corrected chi connectivity index (χ2v) is 4.06. The first-order valence-corrected chi connectivity index (χ1v) is 5.88. The van der Waals surface area contributed by atoms with E-state index in [9.17, 15) is 4.79 Å². The van der Waals surface area contributed by atoms with Crippen molar-refractivity contribution in [3.8, 4) is 0 Å². The number of nitrogens with one attached hydrogen (secondary N) is 2. The molecule has 0 atom stereocenters. The second-order valence-electron chi connectivity index (χ2n) is 4.06. The topological polar surface area (TPSA) is 97.9 Å². The van der Waals surface area contributed by atoms with Crippen LogP contribution in [0.5, 0.6) is 0 Å². The number of hydrogen-bond acceptors (Lipinski definition) is 5. The van der Waals surface area contributed by atoms with E-state index in [1.54, 1.807) is 16.8 Å². The number of nitrogens with zero attached hydrogens (tertiary/aromatic N) is 3. The molecule has 2 heterocycles. The molecular formula is C12H16N6O. The van der Waals surface area contributed by atoms with Gasteiger partial charge in [0.05, 0.1) is 11.3 Å². The summed E-state index contributed by atoms with van der Waals surface area (Å²) >= 11 is 0. The molecule has 0 spiro atoms. The van der Waals surface area contributed by atoms with E-state index in [0.717, 1.165) is 5.69 Å². The molecule has 1 amide bonds. The molecular weight excluding hydrogens is 244 g/mol. The third-order valence-electron chi connectivity index (χ3n) is 2.61. The quantitative estimate of drug-likeness (QED) is 0.522. The van der Waals surface area contributed by atoms with Gasteiger partial charge in [-0.15, -0.1) is 0 Å². The van der Waals surface area contributed by atoms with Crippen LogP contribution in [0.1, 0.15) is 16.1 Å². The maximum atomic E-state index is 11.8. The van der Waals surface area contributed by atoms with Crippen molar-refractivity contribution in [1.82, 2.24) is 20.1 Å². The van der Waals surface area contributed by atoms with Gasteiger partial charge in [-0.25, -0.2) is 10.8 Å². The van der Waals surface area contributed by atoms with E-state index < -0.39 is 0 Å². The fraction of sp³-hybridized carbons (Fsp3) is 0.250. The maximum absolute atomic E-state index is 11.8. The average Bonchev–Trinajstić information content (AvgIpc) is 2.84. The van der Waals surface area contributed by atoms with Crippen LogP contribution in [0.4, 0.5) is 5.82 Å². The molecule has 7 nitrogen and oxygen atoms in total. The summed E-state index contributed by atoms with van der Waals surface area (Å²) in [7, 11) is 1.86. The molecule has 4 N–H and O–H groups in total. The number of hydrazine groups is 1. The van der Waals surface area contributed by atoms with Crippen molar-refractivity contribution in [3.05, 3.63) is 41.9 Å². The van der Waals surface area contributed by atoms with E-state index in [-0.39, 0.29) is 5.91 Å². The predicted molar refractivity (Wildman–Crippen MR) is 71.3 cm³/mol. The molecule has 0 aromatic carbocycles. The Bertz CT molecular complexity index is 548. The summed E-state index contributed by atoms with van der Waals surface area (Å²) in [6.45, 7) is 0.534. The van der Waals surface area contributed by atoms with Crippen molar-refractivity contribution in [3.63, 3.8) is 0 Å². The van der Waals surface area contributed by atoms with Crippen LogP contribution < -0.4 is 16.6 Å². The predicted octanol–water partition coefficient (Wildman–Crippen LogP) is 0.0732. The Labute approximate surface area is 110 Å². The van der Waals surface area contributed by atoms with Gasteiger partial charge >= 0.3 is 0 Å². The third kappa shape index (κ3) is 3.52. The Balaban J connectivity index is 1.83. The summed E-state index contributed by atoms with van der Waals surface area (Å²) in [6.07, 6.45) is 4.05. The van der Waals surface area contributed by atoms with Crippen LogP contribution in [-0.2, 0) is 13.5 Å². The first kappa shape index (κ1) is 13.0. The molecule has 0 aliphatic carbocycles. The Morgan fingerprint density at radius 1 is 1.42 bits per heavy atom. The van der Waals surface area contributed by atoms with Crippen molar-refractivity contribution in [2.45, 2.75) is 6.42 Å². The number of rotatable bonds is 5. The summed E-state index contributed by atoms with van der Waals surface area (Å²) < 4.78 is 1.74. The number of aryl methyl sites for hydroxylation is 1. The molecule has 0 fully saturated rings. The van der Waals surface area contributed by atoms with E-state index >= 15 is 0 Å². The van der Waals surface area contributed by atoms with Crippen molar-refractivity contribution >= 4 is 11.7 Å². The van der Waals surface area contributed by atoms with E-state index in [1.165, 1.54) is 6.20 Å². The van der Waals surface area contributed by atoms with Gasteiger partial charge in [0.2, 0.25) is 0 Å². The maximum Gasteiger partial charge on any atom is 0.252 e. The molecule has 0 bridgehead atoms. The van der Waals surface area contributed by atoms with Gasteiger partial charge in [0.15, 0.2) is 0 Å².